The maximum Gasteiger partial charge on any atom is 0.433 e. The summed E-state index contributed by atoms with van der Waals surface area (Å²) in [6.07, 6.45) is -4.38. The van der Waals surface area contributed by atoms with Gasteiger partial charge in [0.25, 0.3) is 0 Å². The molecule has 0 aliphatic carbocycles. The van der Waals surface area contributed by atoms with Crippen LogP contribution in [0.2, 0.25) is 0 Å². The highest BCUT2D eigenvalue weighted by atomic mass is 19.4. The zero-order valence-electron chi connectivity index (χ0n) is 9.46. The summed E-state index contributed by atoms with van der Waals surface area (Å²) in [6, 6.07) is 4.28. The molecule has 0 saturated carbocycles. The quantitative estimate of drug-likeness (QED) is 0.819. The first-order valence-electron chi connectivity index (χ1n) is 5.49. The molecule has 1 atom stereocenters. The van der Waals surface area contributed by atoms with Crippen LogP contribution in [0.25, 0.3) is 0 Å². The van der Waals surface area contributed by atoms with Gasteiger partial charge in [-0.15, -0.1) is 0 Å². The van der Waals surface area contributed by atoms with E-state index >= 15 is 0 Å². The molecule has 1 aromatic rings. The van der Waals surface area contributed by atoms with Crippen LogP contribution in [-0.4, -0.2) is 30.7 Å². The van der Waals surface area contributed by atoms with Crippen LogP contribution in [-0.2, 0) is 6.18 Å². The SMILES string of the molecule is CC1CN(c2cccc(C(F)(F)F)n2)CCN1. The van der Waals surface area contributed by atoms with E-state index in [1.54, 1.807) is 6.07 Å². The molecular formula is C11H14F3N3. The largest absolute Gasteiger partial charge is 0.433 e. The second kappa shape index (κ2) is 4.52. The molecule has 3 nitrogen and oxygen atoms in total. The molecule has 0 amide bonds. The number of rotatable bonds is 1. The molecule has 1 N–H and O–H groups in total. The number of nitrogens with one attached hydrogen (secondary N) is 1. The van der Waals surface area contributed by atoms with Crippen molar-refractivity contribution >= 4 is 5.82 Å². The lowest BCUT2D eigenvalue weighted by Crippen LogP contribution is -2.49. The van der Waals surface area contributed by atoms with Crippen LogP contribution in [0, 0.1) is 0 Å². The Labute approximate surface area is 97.6 Å². The molecule has 0 aromatic carbocycles. The fourth-order valence-electron chi connectivity index (χ4n) is 1.90. The monoisotopic (exact) mass is 245 g/mol. The minimum absolute atomic E-state index is 0.264. The van der Waals surface area contributed by atoms with Crippen molar-refractivity contribution in [2.24, 2.45) is 0 Å². The first-order chi connectivity index (χ1) is 7.97. The van der Waals surface area contributed by atoms with Gasteiger partial charge in [-0.25, -0.2) is 4.98 Å². The number of halogens is 3. The third-order valence-electron chi connectivity index (χ3n) is 2.72. The maximum atomic E-state index is 12.5. The molecular weight excluding hydrogens is 231 g/mol. The minimum Gasteiger partial charge on any atom is -0.354 e. The fourth-order valence-corrected chi connectivity index (χ4v) is 1.90. The summed E-state index contributed by atoms with van der Waals surface area (Å²) in [5.74, 6) is 0.396. The van der Waals surface area contributed by atoms with E-state index in [4.69, 9.17) is 0 Å². The standard InChI is InChI=1S/C11H14F3N3/c1-8-7-17(6-5-15-8)10-4-2-3-9(16-10)11(12,13)14/h2-4,8,15H,5-7H2,1H3. The van der Waals surface area contributed by atoms with Crippen molar-refractivity contribution in [1.82, 2.24) is 10.3 Å². The lowest BCUT2D eigenvalue weighted by molar-refractivity contribution is -0.141. The lowest BCUT2D eigenvalue weighted by Gasteiger charge is -2.32. The summed E-state index contributed by atoms with van der Waals surface area (Å²) < 4.78 is 37.6. The highest BCUT2D eigenvalue weighted by Crippen LogP contribution is 2.28. The van der Waals surface area contributed by atoms with Gasteiger partial charge in [-0.3, -0.25) is 0 Å². The zero-order chi connectivity index (χ0) is 12.5. The van der Waals surface area contributed by atoms with Crippen LogP contribution in [0.1, 0.15) is 12.6 Å². The average Bonchev–Trinajstić information content (AvgIpc) is 2.28. The van der Waals surface area contributed by atoms with E-state index in [-0.39, 0.29) is 6.04 Å². The Hall–Kier alpha value is -1.30. The van der Waals surface area contributed by atoms with Gasteiger partial charge in [-0.05, 0) is 19.1 Å². The third kappa shape index (κ3) is 2.88. The summed E-state index contributed by atoms with van der Waals surface area (Å²) >= 11 is 0. The molecule has 6 heteroatoms. The average molecular weight is 245 g/mol. The molecule has 0 spiro atoms. The minimum atomic E-state index is -4.38. The Bertz CT molecular complexity index is 392. The summed E-state index contributed by atoms with van der Waals surface area (Å²) in [5, 5.41) is 3.23. The number of nitrogens with zero attached hydrogens (tertiary/aromatic N) is 2. The first-order valence-corrected chi connectivity index (χ1v) is 5.49. The van der Waals surface area contributed by atoms with Gasteiger partial charge in [0.1, 0.15) is 11.5 Å². The number of alkyl halides is 3. The van der Waals surface area contributed by atoms with Crippen molar-refractivity contribution in [3.8, 4) is 0 Å². The second-order valence-corrected chi connectivity index (χ2v) is 4.18. The van der Waals surface area contributed by atoms with Crippen molar-refractivity contribution in [3.05, 3.63) is 23.9 Å². The van der Waals surface area contributed by atoms with Gasteiger partial charge < -0.3 is 10.2 Å². The van der Waals surface area contributed by atoms with E-state index in [0.717, 1.165) is 12.6 Å². The van der Waals surface area contributed by atoms with E-state index in [1.165, 1.54) is 6.07 Å². The zero-order valence-corrected chi connectivity index (χ0v) is 9.46. The summed E-state index contributed by atoms with van der Waals surface area (Å²) in [7, 11) is 0. The third-order valence-corrected chi connectivity index (χ3v) is 2.72. The lowest BCUT2D eigenvalue weighted by atomic mass is 10.2. The van der Waals surface area contributed by atoms with Crippen molar-refractivity contribution < 1.29 is 13.2 Å². The Morgan fingerprint density at radius 3 is 2.82 bits per heavy atom. The molecule has 94 valence electrons. The van der Waals surface area contributed by atoms with E-state index in [0.29, 0.717) is 18.9 Å². The van der Waals surface area contributed by atoms with E-state index in [2.05, 4.69) is 10.3 Å². The number of aromatic nitrogens is 1. The normalized spacial score (nSPS) is 21.6. The second-order valence-electron chi connectivity index (χ2n) is 4.18. The summed E-state index contributed by atoms with van der Waals surface area (Å²) in [5.41, 5.74) is -0.832. The number of hydrogen-bond donors (Lipinski definition) is 1. The van der Waals surface area contributed by atoms with Crippen LogP contribution in [0.15, 0.2) is 18.2 Å². The molecule has 1 aliphatic rings. The number of piperazine rings is 1. The van der Waals surface area contributed by atoms with Gasteiger partial charge in [-0.1, -0.05) is 6.07 Å². The molecule has 1 aliphatic heterocycles. The van der Waals surface area contributed by atoms with Gasteiger partial charge in [0, 0.05) is 25.7 Å². The van der Waals surface area contributed by atoms with Crippen LogP contribution in [0.5, 0.6) is 0 Å². The van der Waals surface area contributed by atoms with Gasteiger partial charge >= 0.3 is 6.18 Å². The van der Waals surface area contributed by atoms with Gasteiger partial charge in [0.05, 0.1) is 0 Å². The number of hydrogen-bond acceptors (Lipinski definition) is 3. The van der Waals surface area contributed by atoms with E-state index in [9.17, 15) is 13.2 Å². The molecule has 2 heterocycles. The van der Waals surface area contributed by atoms with Crippen LogP contribution in [0.3, 0.4) is 0 Å². The molecule has 1 unspecified atom stereocenters. The van der Waals surface area contributed by atoms with Crippen molar-refractivity contribution in [2.45, 2.75) is 19.1 Å². The van der Waals surface area contributed by atoms with Crippen molar-refractivity contribution in [3.63, 3.8) is 0 Å². The highest BCUT2D eigenvalue weighted by Gasteiger charge is 2.33. The molecule has 1 saturated heterocycles. The Morgan fingerprint density at radius 1 is 1.41 bits per heavy atom. The van der Waals surface area contributed by atoms with Gasteiger partial charge in [-0.2, -0.15) is 13.2 Å². The highest BCUT2D eigenvalue weighted by molar-refractivity contribution is 5.40. The number of pyridine rings is 1. The summed E-state index contributed by atoms with van der Waals surface area (Å²) in [6.45, 7) is 4.12. The van der Waals surface area contributed by atoms with Crippen LogP contribution in [0.4, 0.5) is 19.0 Å². The first kappa shape index (κ1) is 12.2. The van der Waals surface area contributed by atoms with Crippen molar-refractivity contribution in [1.29, 1.82) is 0 Å². The van der Waals surface area contributed by atoms with Crippen molar-refractivity contribution in [2.75, 3.05) is 24.5 Å². The summed E-state index contributed by atoms with van der Waals surface area (Å²) in [4.78, 5) is 5.55. The topological polar surface area (TPSA) is 28.2 Å². The van der Waals surface area contributed by atoms with Gasteiger partial charge in [0.2, 0.25) is 0 Å². The molecule has 17 heavy (non-hydrogen) atoms. The predicted molar refractivity (Wildman–Crippen MR) is 58.9 cm³/mol. The number of anilines is 1. The Morgan fingerprint density at radius 2 is 2.18 bits per heavy atom. The van der Waals surface area contributed by atoms with Crippen LogP contribution >= 0.6 is 0 Å². The fraction of sp³-hybridized carbons (Fsp3) is 0.545. The molecule has 0 bridgehead atoms. The molecule has 2 rings (SSSR count). The molecule has 1 aromatic heterocycles. The maximum absolute atomic E-state index is 12.5. The Balaban J connectivity index is 2.21. The van der Waals surface area contributed by atoms with Gasteiger partial charge in [0.15, 0.2) is 0 Å². The molecule has 0 radical (unpaired) electrons. The van der Waals surface area contributed by atoms with Crippen LogP contribution < -0.4 is 10.2 Å². The van der Waals surface area contributed by atoms with E-state index < -0.39 is 11.9 Å². The predicted octanol–water partition coefficient (Wildman–Crippen LogP) is 1.90. The smallest absolute Gasteiger partial charge is 0.354 e. The Kier molecular flexibility index (Phi) is 3.24. The van der Waals surface area contributed by atoms with E-state index in [1.807, 2.05) is 11.8 Å². The molecule has 1 fully saturated rings.